The third-order valence-corrected chi connectivity index (χ3v) is 3.05. The summed E-state index contributed by atoms with van der Waals surface area (Å²) in [5.74, 6) is -19.5. The fourth-order valence-corrected chi connectivity index (χ4v) is 1.75. The molecule has 0 spiro atoms. The minimum absolute atomic E-state index is 0.327. The second kappa shape index (κ2) is 4.86. The summed E-state index contributed by atoms with van der Waals surface area (Å²) in [6.07, 6.45) is -16.5. The quantitative estimate of drug-likeness (QED) is 0.674. The molecule has 1 saturated heterocycles. The van der Waals surface area contributed by atoms with Gasteiger partial charge in [-0.15, -0.1) is 0 Å². The van der Waals surface area contributed by atoms with Crippen LogP contribution in [-0.2, 0) is 9.47 Å². The van der Waals surface area contributed by atoms with Gasteiger partial charge in [0.15, 0.2) is 0 Å². The van der Waals surface area contributed by atoms with Gasteiger partial charge in [0, 0.05) is 13.3 Å². The highest BCUT2D eigenvalue weighted by Crippen LogP contribution is 2.59. The molecule has 0 aromatic rings. The standard InChI is InChI=1S/C10H10F10O2/c1-3-6(13)4-7(14,5(2,11)12)22-8(21-6,9(15,16)17)10(18,19)20/h3-4H2,1-2H3. The van der Waals surface area contributed by atoms with Crippen molar-refractivity contribution in [3.8, 4) is 0 Å². The lowest BCUT2D eigenvalue weighted by molar-refractivity contribution is -0.564. The van der Waals surface area contributed by atoms with Crippen LogP contribution in [0.5, 0.6) is 0 Å². The highest BCUT2D eigenvalue weighted by atomic mass is 19.4. The van der Waals surface area contributed by atoms with Gasteiger partial charge >= 0.3 is 24.1 Å². The van der Waals surface area contributed by atoms with Gasteiger partial charge < -0.3 is 0 Å². The molecule has 0 radical (unpaired) electrons. The Labute approximate surface area is 117 Å². The van der Waals surface area contributed by atoms with Gasteiger partial charge in [-0.25, -0.2) is 17.6 Å². The van der Waals surface area contributed by atoms with E-state index >= 15 is 0 Å². The summed E-state index contributed by atoms with van der Waals surface area (Å²) in [5.41, 5.74) is 0. The van der Waals surface area contributed by atoms with E-state index in [1.807, 2.05) is 0 Å². The molecule has 0 saturated carbocycles. The molecule has 0 aromatic carbocycles. The maximum Gasteiger partial charge on any atom is 0.453 e. The first kappa shape index (κ1) is 19.3. The van der Waals surface area contributed by atoms with Crippen LogP contribution in [0.4, 0.5) is 43.9 Å². The van der Waals surface area contributed by atoms with E-state index in [-0.39, 0.29) is 6.92 Å². The Morgan fingerprint density at radius 3 is 1.55 bits per heavy atom. The molecule has 2 atom stereocenters. The highest BCUT2D eigenvalue weighted by Gasteiger charge is 2.83. The van der Waals surface area contributed by atoms with Gasteiger partial charge in [-0.05, 0) is 0 Å². The van der Waals surface area contributed by atoms with Crippen molar-refractivity contribution in [3.63, 3.8) is 0 Å². The zero-order chi connectivity index (χ0) is 17.8. The van der Waals surface area contributed by atoms with Crippen molar-refractivity contribution in [2.24, 2.45) is 0 Å². The van der Waals surface area contributed by atoms with Crippen molar-refractivity contribution in [2.45, 2.75) is 62.5 Å². The Bertz CT molecular complexity index is 411. The van der Waals surface area contributed by atoms with E-state index in [1.54, 1.807) is 0 Å². The molecule has 132 valence electrons. The van der Waals surface area contributed by atoms with Gasteiger partial charge in [0.25, 0.3) is 5.85 Å². The Kier molecular flexibility index (Phi) is 4.25. The van der Waals surface area contributed by atoms with Gasteiger partial charge in [-0.2, -0.15) is 26.3 Å². The third kappa shape index (κ3) is 2.86. The Morgan fingerprint density at radius 2 is 1.27 bits per heavy atom. The maximum absolute atomic E-state index is 14.0. The topological polar surface area (TPSA) is 18.5 Å². The smallest absolute Gasteiger partial charge is 0.298 e. The third-order valence-electron chi connectivity index (χ3n) is 3.05. The molecular formula is C10H10F10O2. The van der Waals surface area contributed by atoms with Gasteiger partial charge in [0.2, 0.25) is 5.85 Å². The fraction of sp³-hybridized carbons (Fsp3) is 1.00. The maximum atomic E-state index is 14.0. The van der Waals surface area contributed by atoms with Crippen LogP contribution in [0.3, 0.4) is 0 Å². The van der Waals surface area contributed by atoms with Crippen LogP contribution in [0.15, 0.2) is 0 Å². The number of hydrogen-bond acceptors (Lipinski definition) is 2. The lowest BCUT2D eigenvalue weighted by Gasteiger charge is -2.50. The van der Waals surface area contributed by atoms with E-state index in [4.69, 9.17) is 0 Å². The molecule has 12 heteroatoms. The molecule has 2 nitrogen and oxygen atoms in total. The van der Waals surface area contributed by atoms with Crippen LogP contribution in [0.2, 0.25) is 0 Å². The highest BCUT2D eigenvalue weighted by molar-refractivity contribution is 5.01. The van der Waals surface area contributed by atoms with Crippen molar-refractivity contribution in [1.82, 2.24) is 0 Å². The van der Waals surface area contributed by atoms with Gasteiger partial charge in [0.1, 0.15) is 0 Å². The summed E-state index contributed by atoms with van der Waals surface area (Å²) < 4.78 is 137. The normalized spacial score (nSPS) is 33.8. The summed E-state index contributed by atoms with van der Waals surface area (Å²) in [6, 6.07) is 0. The van der Waals surface area contributed by atoms with Crippen molar-refractivity contribution >= 4 is 0 Å². The molecule has 1 aliphatic rings. The number of halogens is 10. The van der Waals surface area contributed by atoms with Crippen molar-refractivity contribution in [2.75, 3.05) is 0 Å². The zero-order valence-electron chi connectivity index (χ0n) is 11.0. The number of hydrogen-bond donors (Lipinski definition) is 0. The largest absolute Gasteiger partial charge is 0.453 e. The molecule has 0 amide bonds. The first-order valence-corrected chi connectivity index (χ1v) is 5.72. The van der Waals surface area contributed by atoms with Crippen LogP contribution in [0.25, 0.3) is 0 Å². The average Bonchev–Trinajstić information content (AvgIpc) is 2.23. The monoisotopic (exact) mass is 352 g/mol. The zero-order valence-corrected chi connectivity index (χ0v) is 11.0. The van der Waals surface area contributed by atoms with Gasteiger partial charge in [-0.1, -0.05) is 6.92 Å². The van der Waals surface area contributed by atoms with E-state index in [9.17, 15) is 43.9 Å². The second-order valence-corrected chi connectivity index (χ2v) is 4.85. The summed E-state index contributed by atoms with van der Waals surface area (Å²) in [6.45, 7) is 0.378. The van der Waals surface area contributed by atoms with Crippen LogP contribution < -0.4 is 0 Å². The summed E-state index contributed by atoms with van der Waals surface area (Å²) in [7, 11) is 0. The van der Waals surface area contributed by atoms with Gasteiger partial charge in [0.05, 0.1) is 6.42 Å². The molecule has 1 heterocycles. The molecule has 1 rings (SSSR count). The lowest BCUT2D eigenvalue weighted by atomic mass is 9.96. The van der Waals surface area contributed by atoms with Crippen molar-refractivity contribution in [1.29, 1.82) is 0 Å². The number of rotatable bonds is 2. The molecule has 0 bridgehead atoms. The fourth-order valence-electron chi connectivity index (χ4n) is 1.75. The Hall–Kier alpha value is -0.780. The van der Waals surface area contributed by atoms with Crippen molar-refractivity contribution in [3.05, 3.63) is 0 Å². The predicted octanol–water partition coefficient (Wildman–Crippen LogP) is 4.64. The molecule has 0 aliphatic carbocycles. The van der Waals surface area contributed by atoms with E-state index in [2.05, 4.69) is 9.47 Å². The molecule has 2 unspecified atom stereocenters. The Balaban J connectivity index is 3.58. The second-order valence-electron chi connectivity index (χ2n) is 4.85. The van der Waals surface area contributed by atoms with Gasteiger partial charge in [-0.3, -0.25) is 9.47 Å². The number of ether oxygens (including phenoxy) is 2. The average molecular weight is 352 g/mol. The van der Waals surface area contributed by atoms with E-state index < -0.39 is 48.6 Å². The number of alkyl halides is 10. The van der Waals surface area contributed by atoms with Crippen LogP contribution >= 0.6 is 0 Å². The van der Waals surface area contributed by atoms with Crippen LogP contribution in [0, 0.1) is 0 Å². The van der Waals surface area contributed by atoms with E-state index in [0.29, 0.717) is 6.92 Å². The summed E-state index contributed by atoms with van der Waals surface area (Å²) in [5, 5.41) is 0. The first-order valence-electron chi connectivity index (χ1n) is 5.72. The molecule has 0 aromatic heterocycles. The summed E-state index contributed by atoms with van der Waals surface area (Å²) in [4.78, 5) is 0. The first-order chi connectivity index (χ1) is 9.43. The van der Waals surface area contributed by atoms with E-state index in [0.717, 1.165) is 0 Å². The molecule has 0 N–H and O–H groups in total. The van der Waals surface area contributed by atoms with Crippen molar-refractivity contribution < 1.29 is 53.4 Å². The molecule has 1 fully saturated rings. The lowest BCUT2D eigenvalue weighted by Crippen LogP contribution is -2.72. The van der Waals surface area contributed by atoms with E-state index in [1.165, 1.54) is 0 Å². The van der Waals surface area contributed by atoms with Crippen LogP contribution in [-0.4, -0.2) is 35.8 Å². The molecule has 1 aliphatic heterocycles. The molecular weight excluding hydrogens is 342 g/mol. The minimum Gasteiger partial charge on any atom is -0.298 e. The minimum atomic E-state index is -6.55. The SMILES string of the molecule is CCC1(F)CC(F)(C(C)(F)F)OC(C(F)(F)F)(C(F)(F)F)O1. The predicted molar refractivity (Wildman–Crippen MR) is 50.2 cm³/mol. The molecule has 22 heavy (non-hydrogen) atoms. The summed E-state index contributed by atoms with van der Waals surface area (Å²) >= 11 is 0. The Morgan fingerprint density at radius 1 is 0.864 bits per heavy atom. The van der Waals surface area contributed by atoms with Crippen LogP contribution in [0.1, 0.15) is 26.7 Å².